The van der Waals surface area contributed by atoms with Gasteiger partial charge in [-0.3, -0.25) is 14.4 Å². The summed E-state index contributed by atoms with van der Waals surface area (Å²) in [6, 6.07) is 0. The van der Waals surface area contributed by atoms with E-state index in [1.807, 2.05) is 44.2 Å². The number of carbonyl (C=O) groups excluding carboxylic acids is 3. The van der Waals surface area contributed by atoms with Crippen LogP contribution in [0, 0.1) is 56.3 Å². The Morgan fingerprint density at radius 3 is 2.12 bits per heavy atom. The number of ether oxygens (including phenoxy) is 2. The van der Waals surface area contributed by atoms with Crippen molar-refractivity contribution in [2.24, 2.45) is 35.5 Å². The molecule has 0 unspecified atom stereocenters. The minimum atomic E-state index is -1.22. The van der Waals surface area contributed by atoms with E-state index in [9.17, 15) is 14.4 Å². The molecule has 3 aromatic heterocycles. The number of Topliss-reactive ketones (excluding diaryl/α,β-unsaturated/α-hetero) is 1. The Morgan fingerprint density at radius 1 is 0.831 bits per heavy atom. The minimum absolute atomic E-state index is 0. The van der Waals surface area contributed by atoms with Crippen molar-refractivity contribution in [2.75, 3.05) is 13.7 Å². The molecule has 346 valence electrons. The maximum absolute atomic E-state index is 14.4. The van der Waals surface area contributed by atoms with Gasteiger partial charge in [-0.05, 0) is 94.6 Å². The first-order valence-corrected chi connectivity index (χ1v) is 24.0. The number of hydrogen-bond acceptors (Lipinski definition) is 5. The van der Waals surface area contributed by atoms with Gasteiger partial charge < -0.3 is 29.7 Å². The Labute approximate surface area is 404 Å². The van der Waals surface area contributed by atoms with Crippen molar-refractivity contribution in [3.8, 4) is 0 Å². The standard InChI is InChI=1S/C55H73N4O5.Mg/c1-13-39-35(8)42-28-44-37(10)41(24-25-48(60)64-27-26-34(7)23-17-22-33(6)21-16-20-32(5)19-15-18-31(3)4)52(58-44)50-51(55(62)63-12)54(61)49-38(11)45(59-53(49)50)30-47-40(14-2)36(9)43(57-47)29-46(39)56-42;/h13,26,28-33,37,41,51H,1,14-25,27H2,2-12H3,(H-,58,59,61);/q-3;+2/p-1/b34-26-,43-29-,44-28-,47-30-;/t32-,33-,37+,41+,51+;/m1./s1. The molecule has 0 aromatic carbocycles. The third-order valence-electron chi connectivity index (χ3n) is 14.2. The van der Waals surface area contributed by atoms with Crippen molar-refractivity contribution < 1.29 is 23.9 Å². The monoisotopic (exact) mass is 893 g/mol. The third-order valence-corrected chi connectivity index (χ3v) is 14.2. The number of esters is 2. The molecular formula is C55H72MgN4O5-2. The number of nitrogens with zero attached hydrogens (tertiary/aromatic N) is 4. The van der Waals surface area contributed by atoms with E-state index in [2.05, 4.69) is 62.0 Å². The second kappa shape index (κ2) is 22.9. The van der Waals surface area contributed by atoms with Gasteiger partial charge in [-0.25, -0.2) is 0 Å². The van der Waals surface area contributed by atoms with E-state index in [0.717, 1.165) is 81.1 Å². The number of allylic oxidation sites excluding steroid dienone is 3. The van der Waals surface area contributed by atoms with E-state index < -0.39 is 11.9 Å². The molecule has 0 saturated carbocycles. The van der Waals surface area contributed by atoms with E-state index in [1.165, 1.54) is 57.6 Å². The first-order valence-electron chi connectivity index (χ1n) is 24.0. The molecule has 0 N–H and O–H groups in total. The number of aromatic nitrogens is 3. The Bertz CT molecular complexity index is 2450. The number of carbonyl (C=O) groups is 3. The van der Waals surface area contributed by atoms with E-state index in [-0.39, 0.29) is 59.7 Å². The van der Waals surface area contributed by atoms with Crippen molar-refractivity contribution in [3.05, 3.63) is 102 Å². The van der Waals surface area contributed by atoms with Gasteiger partial charge in [-0.15, -0.1) is 33.5 Å². The van der Waals surface area contributed by atoms with Crippen LogP contribution in [0.1, 0.15) is 180 Å². The summed E-state index contributed by atoms with van der Waals surface area (Å²) < 4.78 is 11.0. The SMILES string of the molecule is C=Cc1c2[n-]c(c1C)/C=C1\[N-]/C(=C3\c4[n-]c(c(C)c4C(=O)[C@H]3C(=O)OC)/C=c3\[n-]/c(c(C)c3CC)=C\2)[C@@H](CCC(=O)OC/C=C(/C)CCC[C@H](C)CCC[C@H](C)CCCC(C)C)[C@@H]1C.[Mg+2]. The molecule has 3 aromatic rings. The first kappa shape index (κ1) is 51.7. The van der Waals surface area contributed by atoms with Crippen molar-refractivity contribution in [2.45, 2.75) is 146 Å². The molecule has 0 spiro atoms. The summed E-state index contributed by atoms with van der Waals surface area (Å²) >= 11 is 0. The smallest absolute Gasteiger partial charge is 0.664 e. The molecule has 0 radical (unpaired) electrons. The fraction of sp³-hybridized carbons (Fsp3) is 0.545. The number of rotatable bonds is 20. The van der Waals surface area contributed by atoms with Crippen LogP contribution < -0.4 is 25.7 Å². The van der Waals surface area contributed by atoms with Crippen LogP contribution in [0.25, 0.3) is 35.2 Å². The number of methoxy groups -OCH3 is 1. The van der Waals surface area contributed by atoms with Crippen LogP contribution in [0.15, 0.2) is 29.6 Å². The summed E-state index contributed by atoms with van der Waals surface area (Å²) in [6.45, 7) is 26.0. The Hall–Kier alpha value is -4.28. The van der Waals surface area contributed by atoms with Gasteiger partial charge in [-0.2, -0.15) is 11.4 Å². The predicted octanol–water partition coefficient (Wildman–Crippen LogP) is 10.4. The van der Waals surface area contributed by atoms with Crippen molar-refractivity contribution in [1.82, 2.24) is 15.0 Å². The zero-order chi connectivity index (χ0) is 46.4. The van der Waals surface area contributed by atoms with Crippen molar-refractivity contribution in [3.63, 3.8) is 0 Å². The van der Waals surface area contributed by atoms with Crippen molar-refractivity contribution in [1.29, 1.82) is 0 Å². The van der Waals surface area contributed by atoms with Gasteiger partial charge in [0.05, 0.1) is 7.11 Å². The molecule has 3 aliphatic rings. The molecule has 1 fully saturated rings. The van der Waals surface area contributed by atoms with Gasteiger partial charge in [0.2, 0.25) is 0 Å². The molecule has 9 nitrogen and oxygen atoms in total. The molecule has 8 bridgehead atoms. The number of hydrogen-bond donors (Lipinski definition) is 0. The zero-order valence-corrected chi connectivity index (χ0v) is 42.7. The Balaban J connectivity index is 0.00000793. The maximum atomic E-state index is 14.4. The molecule has 65 heavy (non-hydrogen) atoms. The topological polar surface area (TPSA) is 126 Å². The second-order valence-corrected chi connectivity index (χ2v) is 19.4. The van der Waals surface area contributed by atoms with Crippen LogP contribution in [0.2, 0.25) is 0 Å². The number of fused-ring (bicyclic) bond motifs is 7. The summed E-state index contributed by atoms with van der Waals surface area (Å²) in [5, 5.41) is 6.83. The van der Waals surface area contributed by atoms with Crippen LogP contribution in [0.4, 0.5) is 0 Å². The Kier molecular flexibility index (Phi) is 18.3. The molecule has 5 heterocycles. The predicted molar refractivity (Wildman–Crippen MR) is 265 cm³/mol. The van der Waals surface area contributed by atoms with Crippen molar-refractivity contribution >= 4 is 70.7 Å². The summed E-state index contributed by atoms with van der Waals surface area (Å²) in [4.78, 5) is 56.6. The van der Waals surface area contributed by atoms with Crippen LogP contribution in [0.3, 0.4) is 0 Å². The molecule has 1 saturated heterocycles. The third kappa shape index (κ3) is 11.6. The van der Waals surface area contributed by atoms with Crippen LogP contribution >= 0.6 is 0 Å². The van der Waals surface area contributed by atoms with E-state index >= 15 is 0 Å². The molecule has 5 atom stereocenters. The van der Waals surface area contributed by atoms with Gasteiger partial charge in [-0.1, -0.05) is 151 Å². The van der Waals surface area contributed by atoms with E-state index in [0.29, 0.717) is 46.1 Å². The molecule has 10 heteroatoms. The quantitative estimate of drug-likeness (QED) is 0.0475. The summed E-state index contributed by atoms with van der Waals surface area (Å²) in [6.07, 6.45) is 22.4. The minimum Gasteiger partial charge on any atom is -0.664 e. The average Bonchev–Trinajstić information content (AvgIpc) is 3.99. The fourth-order valence-corrected chi connectivity index (χ4v) is 10.1. The van der Waals surface area contributed by atoms with Gasteiger partial charge in [0.25, 0.3) is 0 Å². The molecule has 2 aliphatic heterocycles. The summed E-state index contributed by atoms with van der Waals surface area (Å²) in [7, 11) is 1.30. The number of ketones is 1. The fourth-order valence-electron chi connectivity index (χ4n) is 10.1. The van der Waals surface area contributed by atoms with Gasteiger partial charge in [0, 0.05) is 12.0 Å². The molecule has 0 amide bonds. The molecule has 6 rings (SSSR count). The average molecular weight is 894 g/mol. The van der Waals surface area contributed by atoms with Gasteiger partial charge >= 0.3 is 35.0 Å². The van der Waals surface area contributed by atoms with E-state index in [1.54, 1.807) is 0 Å². The van der Waals surface area contributed by atoms with Gasteiger partial charge in [0.1, 0.15) is 12.5 Å². The normalized spacial score (nSPS) is 21.7. The van der Waals surface area contributed by atoms with Crippen LogP contribution in [0.5, 0.6) is 0 Å². The van der Waals surface area contributed by atoms with E-state index in [4.69, 9.17) is 29.7 Å². The van der Waals surface area contributed by atoms with Gasteiger partial charge in [0.15, 0.2) is 5.78 Å². The van der Waals surface area contributed by atoms with Crippen LogP contribution in [-0.4, -0.2) is 54.5 Å². The zero-order valence-electron chi connectivity index (χ0n) is 41.3. The summed E-state index contributed by atoms with van der Waals surface area (Å²) in [5.74, 6) is -0.711. The Morgan fingerprint density at radius 2 is 1.48 bits per heavy atom. The molecule has 1 aliphatic carbocycles. The molecular weight excluding hydrogens is 821 g/mol. The summed E-state index contributed by atoms with van der Waals surface area (Å²) in [5.41, 5.74) is 10.7. The van der Waals surface area contributed by atoms with Crippen LogP contribution in [-0.2, 0) is 25.5 Å². The first-order chi connectivity index (χ1) is 30.6. The largest absolute Gasteiger partial charge is 2.00 e. The maximum Gasteiger partial charge on any atom is 2.00 e. The second-order valence-electron chi connectivity index (χ2n) is 19.4.